The SMILES string of the molecule is CCC(N=C(N)N)[C@@H]1N[C@@H]([C@@H](Cc2ccccc2)NC(=O)[C@@H](N)Cc2ccccc2)CCN(CCc2ccc3ccccc3c2)C1=O. The van der Waals surface area contributed by atoms with Crippen molar-refractivity contribution in [3.8, 4) is 0 Å². The van der Waals surface area contributed by atoms with Crippen LogP contribution in [0.25, 0.3) is 10.8 Å². The maximum atomic E-state index is 14.2. The van der Waals surface area contributed by atoms with Crippen LogP contribution in [0.5, 0.6) is 0 Å². The van der Waals surface area contributed by atoms with Crippen molar-refractivity contribution in [3.63, 3.8) is 0 Å². The van der Waals surface area contributed by atoms with E-state index >= 15 is 0 Å². The van der Waals surface area contributed by atoms with E-state index in [0.717, 1.165) is 11.1 Å². The highest BCUT2D eigenvalue weighted by Crippen LogP contribution is 2.21. The molecular formula is C38H47N7O2. The second-order valence-electron chi connectivity index (χ2n) is 12.4. The smallest absolute Gasteiger partial charge is 0.241 e. The van der Waals surface area contributed by atoms with Crippen molar-refractivity contribution < 1.29 is 9.59 Å². The zero-order valence-electron chi connectivity index (χ0n) is 27.1. The maximum absolute atomic E-state index is 14.2. The van der Waals surface area contributed by atoms with Crippen LogP contribution in [0.15, 0.2) is 108 Å². The molecule has 246 valence electrons. The summed E-state index contributed by atoms with van der Waals surface area (Å²) < 4.78 is 0. The van der Waals surface area contributed by atoms with E-state index in [1.54, 1.807) is 0 Å². The van der Waals surface area contributed by atoms with Crippen molar-refractivity contribution in [1.29, 1.82) is 0 Å². The molecule has 1 unspecified atom stereocenters. The second-order valence-corrected chi connectivity index (χ2v) is 12.4. The zero-order chi connectivity index (χ0) is 33.2. The lowest BCUT2D eigenvalue weighted by atomic mass is 9.95. The third-order valence-electron chi connectivity index (χ3n) is 9.03. The number of hydrogen-bond acceptors (Lipinski definition) is 5. The second kappa shape index (κ2) is 16.2. The van der Waals surface area contributed by atoms with Crippen molar-refractivity contribution in [2.45, 2.75) is 69.2 Å². The quantitative estimate of drug-likeness (QED) is 0.113. The molecule has 1 aliphatic heterocycles. The number of nitrogens with two attached hydrogens (primary N) is 3. The molecule has 2 amide bonds. The molecule has 1 fully saturated rings. The minimum atomic E-state index is -0.720. The number of carbonyl (C=O) groups excluding carboxylic acids is 2. The van der Waals surface area contributed by atoms with E-state index in [1.807, 2.05) is 84.6 Å². The van der Waals surface area contributed by atoms with Gasteiger partial charge in [0.25, 0.3) is 0 Å². The van der Waals surface area contributed by atoms with Crippen molar-refractivity contribution in [2.75, 3.05) is 13.1 Å². The first-order chi connectivity index (χ1) is 22.8. The Morgan fingerprint density at radius 2 is 1.53 bits per heavy atom. The van der Waals surface area contributed by atoms with Gasteiger partial charge < -0.3 is 27.4 Å². The molecule has 5 rings (SSSR count). The van der Waals surface area contributed by atoms with Crippen LogP contribution in [0.2, 0.25) is 0 Å². The summed E-state index contributed by atoms with van der Waals surface area (Å²) in [5, 5.41) is 9.25. The molecular weight excluding hydrogens is 586 g/mol. The minimum Gasteiger partial charge on any atom is -0.370 e. The van der Waals surface area contributed by atoms with Crippen LogP contribution in [0.4, 0.5) is 0 Å². The number of fused-ring (bicyclic) bond motifs is 1. The predicted octanol–water partition coefficient (Wildman–Crippen LogP) is 3.29. The Balaban J connectivity index is 1.39. The van der Waals surface area contributed by atoms with Crippen molar-refractivity contribution in [3.05, 3.63) is 120 Å². The molecule has 4 aromatic carbocycles. The maximum Gasteiger partial charge on any atom is 0.241 e. The van der Waals surface area contributed by atoms with Gasteiger partial charge in [0.2, 0.25) is 11.8 Å². The van der Waals surface area contributed by atoms with Crippen LogP contribution >= 0.6 is 0 Å². The summed E-state index contributed by atoms with van der Waals surface area (Å²) in [4.78, 5) is 34.2. The Hall–Kier alpha value is -4.73. The highest BCUT2D eigenvalue weighted by Gasteiger charge is 2.38. The molecule has 47 heavy (non-hydrogen) atoms. The van der Waals surface area contributed by atoms with E-state index in [2.05, 4.69) is 46.0 Å². The Kier molecular flexibility index (Phi) is 11.6. The molecule has 9 heteroatoms. The first kappa shape index (κ1) is 33.6. The molecule has 1 saturated heterocycles. The van der Waals surface area contributed by atoms with E-state index in [9.17, 15) is 9.59 Å². The van der Waals surface area contributed by atoms with E-state index < -0.39 is 18.1 Å². The van der Waals surface area contributed by atoms with Gasteiger partial charge in [-0.15, -0.1) is 0 Å². The van der Waals surface area contributed by atoms with Gasteiger partial charge in [0, 0.05) is 25.2 Å². The summed E-state index contributed by atoms with van der Waals surface area (Å²) in [7, 11) is 0. The molecule has 0 radical (unpaired) electrons. The molecule has 4 aromatic rings. The average molecular weight is 634 g/mol. The lowest BCUT2D eigenvalue weighted by Crippen LogP contribution is -2.59. The number of nitrogens with zero attached hydrogens (tertiary/aromatic N) is 2. The van der Waals surface area contributed by atoms with Crippen LogP contribution in [-0.4, -0.2) is 66.0 Å². The van der Waals surface area contributed by atoms with Gasteiger partial charge in [-0.3, -0.25) is 14.9 Å². The summed E-state index contributed by atoms with van der Waals surface area (Å²) in [5.74, 6) is -0.333. The number of hydrogen-bond donors (Lipinski definition) is 5. The van der Waals surface area contributed by atoms with Gasteiger partial charge in [-0.25, -0.2) is 4.99 Å². The topological polar surface area (TPSA) is 152 Å². The highest BCUT2D eigenvalue weighted by molar-refractivity contribution is 5.85. The molecule has 8 N–H and O–H groups in total. The van der Waals surface area contributed by atoms with Crippen LogP contribution in [0, 0.1) is 0 Å². The predicted molar refractivity (Wildman–Crippen MR) is 190 cm³/mol. The number of carbonyl (C=O) groups is 2. The fourth-order valence-corrected chi connectivity index (χ4v) is 6.47. The summed E-state index contributed by atoms with van der Waals surface area (Å²) in [6.07, 6.45) is 2.90. The monoisotopic (exact) mass is 633 g/mol. The lowest BCUT2D eigenvalue weighted by molar-refractivity contribution is -0.133. The number of guanidine groups is 1. The van der Waals surface area contributed by atoms with Gasteiger partial charge >= 0.3 is 0 Å². The number of rotatable bonds is 13. The van der Waals surface area contributed by atoms with E-state index in [1.165, 1.54) is 16.3 Å². The van der Waals surface area contributed by atoms with E-state index in [-0.39, 0.29) is 29.9 Å². The van der Waals surface area contributed by atoms with Crippen LogP contribution in [0.1, 0.15) is 36.5 Å². The Morgan fingerprint density at radius 3 is 2.19 bits per heavy atom. The third kappa shape index (κ3) is 9.18. The summed E-state index contributed by atoms with van der Waals surface area (Å²) in [6, 6.07) is 32.1. The number of nitrogens with one attached hydrogen (secondary N) is 2. The molecule has 5 atom stereocenters. The molecule has 1 heterocycles. The van der Waals surface area contributed by atoms with Crippen molar-refractivity contribution in [2.24, 2.45) is 22.2 Å². The summed E-state index contributed by atoms with van der Waals surface area (Å²) >= 11 is 0. The molecule has 9 nitrogen and oxygen atoms in total. The highest BCUT2D eigenvalue weighted by atomic mass is 16.2. The molecule has 1 aliphatic rings. The molecule has 0 spiro atoms. The zero-order valence-corrected chi connectivity index (χ0v) is 27.1. The Morgan fingerprint density at radius 1 is 0.894 bits per heavy atom. The largest absolute Gasteiger partial charge is 0.370 e. The van der Waals surface area contributed by atoms with Gasteiger partial charge in [0.15, 0.2) is 5.96 Å². The van der Waals surface area contributed by atoms with E-state index in [4.69, 9.17) is 17.2 Å². The normalized spacial score (nSPS) is 18.6. The molecule has 0 aliphatic carbocycles. The first-order valence-electron chi connectivity index (χ1n) is 16.6. The van der Waals surface area contributed by atoms with Crippen molar-refractivity contribution >= 4 is 28.5 Å². The number of amides is 2. The first-order valence-corrected chi connectivity index (χ1v) is 16.6. The van der Waals surface area contributed by atoms with Crippen LogP contribution in [0.3, 0.4) is 0 Å². The fourth-order valence-electron chi connectivity index (χ4n) is 6.47. The number of benzene rings is 4. The average Bonchev–Trinajstić information content (AvgIpc) is 3.25. The molecule has 0 bridgehead atoms. The molecule has 0 aromatic heterocycles. The van der Waals surface area contributed by atoms with Gasteiger partial charge in [-0.1, -0.05) is 110 Å². The fraction of sp³-hybridized carbons (Fsp3) is 0.342. The summed E-state index contributed by atoms with van der Waals surface area (Å²) in [6.45, 7) is 3.05. The molecule has 0 saturated carbocycles. The standard InChI is InChI=1S/C38H47N7O2/c1-2-32(44-38(40)41)35-37(47)45(21-19-28-17-18-29-15-9-10-16-30(29)23-28)22-20-33(42-35)34(25-27-13-7-4-8-14-27)43-36(46)31(39)24-26-11-5-3-6-12-26/h3-18,23,31-35,42H,2,19-22,24-25,39H2,1H3,(H,43,46)(H4,40,41,44)/t31-,32?,33+,34+,35-/m0/s1. The number of aliphatic imine (C=N–C) groups is 1. The van der Waals surface area contributed by atoms with Gasteiger partial charge in [-0.2, -0.15) is 0 Å². The van der Waals surface area contributed by atoms with Crippen molar-refractivity contribution in [1.82, 2.24) is 15.5 Å². The van der Waals surface area contributed by atoms with Crippen LogP contribution in [-0.2, 0) is 28.9 Å². The van der Waals surface area contributed by atoms with Gasteiger partial charge in [0.1, 0.15) is 6.04 Å². The lowest BCUT2D eigenvalue weighted by Gasteiger charge is -2.32. The third-order valence-corrected chi connectivity index (χ3v) is 9.03. The Labute approximate surface area is 277 Å². The van der Waals surface area contributed by atoms with E-state index in [0.29, 0.717) is 45.2 Å². The van der Waals surface area contributed by atoms with Gasteiger partial charge in [-0.05, 0) is 59.6 Å². The summed E-state index contributed by atoms with van der Waals surface area (Å²) in [5.41, 5.74) is 21.4. The van der Waals surface area contributed by atoms with Crippen LogP contribution < -0.4 is 27.8 Å². The Bertz CT molecular complexity index is 1640. The minimum absolute atomic E-state index is 0.0456. The van der Waals surface area contributed by atoms with Gasteiger partial charge in [0.05, 0.1) is 12.1 Å².